The fourth-order valence-corrected chi connectivity index (χ4v) is 1.35. The molecule has 0 bridgehead atoms. The summed E-state index contributed by atoms with van der Waals surface area (Å²) in [7, 11) is 0. The fourth-order valence-electron chi connectivity index (χ4n) is 1.35. The molecule has 0 aliphatic heterocycles. The Hall–Kier alpha value is -2.40. The Morgan fingerprint density at radius 1 is 1.74 bits per heavy atom. The van der Waals surface area contributed by atoms with Gasteiger partial charge in [0, 0.05) is 6.04 Å². The van der Waals surface area contributed by atoms with E-state index >= 15 is 0 Å². The Morgan fingerprint density at radius 3 is 3.11 bits per heavy atom. The van der Waals surface area contributed by atoms with Crippen LogP contribution in [0.25, 0.3) is 0 Å². The number of hydrogen-bond donors (Lipinski definition) is 3. The van der Waals surface area contributed by atoms with Gasteiger partial charge in [-0.2, -0.15) is 10.4 Å². The van der Waals surface area contributed by atoms with Crippen molar-refractivity contribution in [2.75, 3.05) is 18.5 Å². The topological polar surface area (TPSA) is 128 Å². The highest BCUT2D eigenvalue weighted by Gasteiger charge is 2.10. The van der Waals surface area contributed by atoms with E-state index in [4.69, 9.17) is 15.1 Å². The van der Waals surface area contributed by atoms with Crippen molar-refractivity contribution in [2.45, 2.75) is 19.4 Å². The number of aromatic amines is 1. The van der Waals surface area contributed by atoms with E-state index in [0.29, 0.717) is 5.69 Å². The van der Waals surface area contributed by atoms with Crippen LogP contribution in [-0.4, -0.2) is 40.5 Å². The number of ether oxygens (including phenoxy) is 1. The molecule has 0 spiro atoms. The maximum Gasteiger partial charge on any atom is 0.305 e. The maximum absolute atomic E-state index is 11.3. The van der Waals surface area contributed by atoms with Crippen LogP contribution in [0.1, 0.15) is 18.9 Å². The number of aromatic nitrogens is 2. The molecule has 1 atom stereocenters. The van der Waals surface area contributed by atoms with E-state index in [1.165, 1.54) is 6.20 Å². The molecule has 1 heterocycles. The molecule has 1 rings (SSSR count). The normalized spacial score (nSPS) is 11.6. The van der Waals surface area contributed by atoms with Crippen molar-refractivity contribution < 1.29 is 14.6 Å². The molecule has 3 N–H and O–H groups in total. The highest BCUT2D eigenvalue weighted by molar-refractivity contribution is 5.66. The van der Waals surface area contributed by atoms with Crippen LogP contribution >= 0.6 is 0 Å². The van der Waals surface area contributed by atoms with Crippen molar-refractivity contribution in [2.24, 2.45) is 0 Å². The molecule has 1 aromatic heterocycles. The van der Waals surface area contributed by atoms with E-state index < -0.39 is 11.5 Å². The Morgan fingerprint density at radius 2 is 2.47 bits per heavy atom. The van der Waals surface area contributed by atoms with Crippen LogP contribution in [0.4, 0.5) is 5.69 Å². The van der Waals surface area contributed by atoms with Gasteiger partial charge in [0.15, 0.2) is 0 Å². The molecule has 0 aliphatic rings. The first-order valence-electron chi connectivity index (χ1n) is 5.58. The minimum atomic E-state index is -0.925. The lowest BCUT2D eigenvalue weighted by atomic mass is 10.2. The molecule has 1 aromatic rings. The molecule has 0 fully saturated rings. The second-order valence-corrected chi connectivity index (χ2v) is 3.86. The first kappa shape index (κ1) is 14.7. The smallest absolute Gasteiger partial charge is 0.305 e. The molecule has 0 unspecified atom stereocenters. The van der Waals surface area contributed by atoms with Crippen molar-refractivity contribution in [1.29, 1.82) is 5.26 Å². The third kappa shape index (κ3) is 4.77. The van der Waals surface area contributed by atoms with E-state index in [0.717, 1.165) is 0 Å². The van der Waals surface area contributed by atoms with Crippen LogP contribution in [0.15, 0.2) is 11.0 Å². The summed E-state index contributed by atoms with van der Waals surface area (Å²) in [6.45, 7) is 2.15. The molecule has 8 heteroatoms. The number of carboxylic acid groups (broad SMARTS) is 1. The second kappa shape index (κ2) is 7.13. The molecule has 0 saturated heterocycles. The van der Waals surface area contributed by atoms with Gasteiger partial charge in [0.25, 0.3) is 5.56 Å². The van der Waals surface area contributed by atoms with Crippen molar-refractivity contribution in [3.8, 4) is 6.07 Å². The van der Waals surface area contributed by atoms with Crippen LogP contribution in [0.3, 0.4) is 0 Å². The van der Waals surface area contributed by atoms with Gasteiger partial charge in [-0.05, 0) is 6.92 Å². The minimum absolute atomic E-state index is 0.0487. The lowest BCUT2D eigenvalue weighted by Gasteiger charge is -2.15. The molecule has 0 radical (unpaired) electrons. The van der Waals surface area contributed by atoms with Gasteiger partial charge in [-0.1, -0.05) is 0 Å². The van der Waals surface area contributed by atoms with E-state index in [9.17, 15) is 9.59 Å². The summed E-state index contributed by atoms with van der Waals surface area (Å²) in [5, 5.41) is 26.0. The van der Waals surface area contributed by atoms with Gasteiger partial charge in [-0.25, -0.2) is 5.10 Å². The molecule has 8 nitrogen and oxygen atoms in total. The summed E-state index contributed by atoms with van der Waals surface area (Å²) in [5.41, 5.74) is -0.292. The van der Waals surface area contributed by atoms with Gasteiger partial charge in [-0.3, -0.25) is 9.59 Å². The largest absolute Gasteiger partial charge is 0.481 e. The lowest BCUT2D eigenvalue weighted by Crippen LogP contribution is -2.25. The number of rotatable bonds is 7. The van der Waals surface area contributed by atoms with Crippen molar-refractivity contribution in [3.05, 3.63) is 22.1 Å². The zero-order valence-corrected chi connectivity index (χ0v) is 10.3. The molecule has 0 aromatic carbocycles. The van der Waals surface area contributed by atoms with Crippen LogP contribution < -0.4 is 10.9 Å². The molecular weight excluding hydrogens is 252 g/mol. The van der Waals surface area contributed by atoms with Crippen molar-refractivity contribution in [3.63, 3.8) is 0 Å². The van der Waals surface area contributed by atoms with E-state index in [-0.39, 0.29) is 31.2 Å². The number of carboxylic acids is 1. The van der Waals surface area contributed by atoms with E-state index in [2.05, 4.69) is 15.5 Å². The highest BCUT2D eigenvalue weighted by Crippen LogP contribution is 2.09. The van der Waals surface area contributed by atoms with Gasteiger partial charge < -0.3 is 15.2 Å². The Kier molecular flexibility index (Phi) is 5.50. The number of hydrogen-bond acceptors (Lipinski definition) is 6. The molecule has 19 heavy (non-hydrogen) atoms. The quantitative estimate of drug-likeness (QED) is 0.589. The first-order chi connectivity index (χ1) is 9.04. The zero-order chi connectivity index (χ0) is 14.3. The maximum atomic E-state index is 11.3. The molecule has 102 valence electrons. The predicted octanol–water partition coefficient (Wildman–Crippen LogP) is -0.0667. The molecule has 0 amide bonds. The van der Waals surface area contributed by atoms with Gasteiger partial charge in [0.1, 0.15) is 11.6 Å². The number of aliphatic carboxylic acids is 1. The number of anilines is 1. The van der Waals surface area contributed by atoms with Crippen LogP contribution in [-0.2, 0) is 9.53 Å². The van der Waals surface area contributed by atoms with E-state index in [1.807, 2.05) is 0 Å². The Bertz CT molecular complexity index is 534. The number of carbonyl (C=O) groups is 1. The lowest BCUT2D eigenvalue weighted by molar-refractivity contribution is -0.138. The van der Waals surface area contributed by atoms with Crippen LogP contribution in [0, 0.1) is 11.3 Å². The Labute approximate surface area is 109 Å². The number of nitrogens with one attached hydrogen (secondary N) is 2. The molecule has 0 saturated carbocycles. The second-order valence-electron chi connectivity index (χ2n) is 3.86. The van der Waals surface area contributed by atoms with E-state index in [1.54, 1.807) is 13.0 Å². The van der Waals surface area contributed by atoms with Gasteiger partial charge in [0.2, 0.25) is 0 Å². The summed E-state index contributed by atoms with van der Waals surface area (Å²) >= 11 is 0. The Balaban J connectivity index is 2.51. The van der Waals surface area contributed by atoms with Gasteiger partial charge in [-0.15, -0.1) is 0 Å². The summed E-state index contributed by atoms with van der Waals surface area (Å²) in [5.74, 6) is -0.925. The summed E-state index contributed by atoms with van der Waals surface area (Å²) < 4.78 is 5.15. The standard InChI is InChI=1S/C11H14N4O4/c1-7(6-19-3-2-10(16)17)14-9-5-13-15-11(18)8(9)4-12/h5,7H,2-3,6H2,1H3,(H,16,17)(H2,14,15,18)/t7-/m0/s1. The average molecular weight is 266 g/mol. The van der Waals surface area contributed by atoms with Gasteiger partial charge >= 0.3 is 5.97 Å². The third-order valence-electron chi connectivity index (χ3n) is 2.20. The van der Waals surface area contributed by atoms with Crippen molar-refractivity contribution in [1.82, 2.24) is 10.2 Å². The minimum Gasteiger partial charge on any atom is -0.481 e. The third-order valence-corrected chi connectivity index (χ3v) is 2.20. The number of nitrogens with zero attached hydrogens (tertiary/aromatic N) is 2. The number of nitriles is 1. The summed E-state index contributed by atoms with van der Waals surface area (Å²) in [4.78, 5) is 21.6. The monoisotopic (exact) mass is 266 g/mol. The summed E-state index contributed by atoms with van der Waals surface area (Å²) in [6.07, 6.45) is 1.27. The highest BCUT2D eigenvalue weighted by atomic mass is 16.5. The average Bonchev–Trinajstić information content (AvgIpc) is 2.35. The predicted molar refractivity (Wildman–Crippen MR) is 65.7 cm³/mol. The van der Waals surface area contributed by atoms with Gasteiger partial charge in [0.05, 0.1) is 31.5 Å². The van der Waals surface area contributed by atoms with Crippen LogP contribution in [0.2, 0.25) is 0 Å². The zero-order valence-electron chi connectivity index (χ0n) is 10.3. The molecule has 0 aliphatic carbocycles. The SMILES string of the molecule is C[C@@H](COCCC(=O)O)Nc1cn[nH]c(=O)c1C#N. The number of H-pyrrole nitrogens is 1. The fraction of sp³-hybridized carbons (Fsp3) is 0.455. The molecular formula is C11H14N4O4. The van der Waals surface area contributed by atoms with Crippen LogP contribution in [0.5, 0.6) is 0 Å². The first-order valence-corrected chi connectivity index (χ1v) is 5.58. The van der Waals surface area contributed by atoms with Crippen molar-refractivity contribution >= 4 is 11.7 Å². The summed E-state index contributed by atoms with van der Waals surface area (Å²) in [6, 6.07) is 1.60.